The Morgan fingerprint density at radius 2 is 1.47 bits per heavy atom. The highest BCUT2D eigenvalue weighted by molar-refractivity contribution is 7.78. The number of benzene rings is 2. The van der Waals surface area contributed by atoms with Gasteiger partial charge in [0.25, 0.3) is 0 Å². The standard InChI is InChI=1S/C16H16N2S/c1-18(2)16-9-5-14(6-10-16)11-13-3-7-15(8-4-13)17-12-19/h3-10H,11H2,1-2H3. The van der Waals surface area contributed by atoms with Gasteiger partial charge in [-0.25, -0.2) is 0 Å². The lowest BCUT2D eigenvalue weighted by Crippen LogP contribution is -2.08. The smallest absolute Gasteiger partial charge is 0.0739 e. The van der Waals surface area contributed by atoms with E-state index in [0.717, 1.165) is 12.1 Å². The monoisotopic (exact) mass is 268 g/mol. The molecule has 3 heteroatoms. The van der Waals surface area contributed by atoms with Gasteiger partial charge in [-0.15, -0.1) is 0 Å². The van der Waals surface area contributed by atoms with Crippen molar-refractivity contribution in [3.63, 3.8) is 0 Å². The quantitative estimate of drug-likeness (QED) is 0.613. The van der Waals surface area contributed by atoms with E-state index in [-0.39, 0.29) is 0 Å². The fraction of sp³-hybridized carbons (Fsp3) is 0.188. The SMILES string of the molecule is CN(C)c1ccc(Cc2ccc(N=C=S)cc2)cc1. The van der Waals surface area contributed by atoms with E-state index in [1.54, 1.807) is 0 Å². The van der Waals surface area contributed by atoms with Crippen LogP contribution in [0.4, 0.5) is 11.4 Å². The molecule has 0 N–H and O–H groups in total. The summed E-state index contributed by atoms with van der Waals surface area (Å²) in [7, 11) is 4.09. The van der Waals surface area contributed by atoms with E-state index in [1.165, 1.54) is 16.8 Å². The lowest BCUT2D eigenvalue weighted by Gasteiger charge is -2.12. The molecule has 2 rings (SSSR count). The molecule has 0 spiro atoms. The van der Waals surface area contributed by atoms with Crippen molar-refractivity contribution in [1.29, 1.82) is 0 Å². The Labute approximate surface area is 119 Å². The van der Waals surface area contributed by atoms with Crippen molar-refractivity contribution >= 4 is 28.8 Å². The van der Waals surface area contributed by atoms with Crippen molar-refractivity contribution in [2.45, 2.75) is 6.42 Å². The van der Waals surface area contributed by atoms with Crippen molar-refractivity contribution in [3.8, 4) is 0 Å². The number of rotatable bonds is 4. The van der Waals surface area contributed by atoms with Crippen molar-refractivity contribution in [1.82, 2.24) is 0 Å². The fourth-order valence-corrected chi connectivity index (χ4v) is 1.99. The summed E-state index contributed by atoms with van der Waals surface area (Å²) in [6.45, 7) is 0. The van der Waals surface area contributed by atoms with Crippen molar-refractivity contribution in [2.24, 2.45) is 4.99 Å². The summed E-state index contributed by atoms with van der Waals surface area (Å²) >= 11 is 4.58. The minimum Gasteiger partial charge on any atom is -0.378 e. The normalized spacial score (nSPS) is 9.79. The molecule has 96 valence electrons. The number of hydrogen-bond donors (Lipinski definition) is 0. The molecule has 0 aliphatic heterocycles. The van der Waals surface area contributed by atoms with Crippen molar-refractivity contribution < 1.29 is 0 Å². The molecule has 0 aliphatic rings. The number of aliphatic imine (C=N–C) groups is 1. The Bertz CT molecular complexity index is 579. The molecular formula is C16H16N2S. The molecule has 0 radical (unpaired) electrons. The summed E-state index contributed by atoms with van der Waals surface area (Å²) in [5, 5.41) is 2.37. The zero-order valence-corrected chi connectivity index (χ0v) is 11.9. The van der Waals surface area contributed by atoms with Crippen LogP contribution in [-0.2, 0) is 6.42 Å². The first-order valence-electron chi connectivity index (χ1n) is 6.12. The zero-order valence-electron chi connectivity index (χ0n) is 11.1. The number of thiocarbonyl (C=S) groups is 1. The molecule has 0 atom stereocenters. The average Bonchev–Trinajstić information content (AvgIpc) is 2.42. The highest BCUT2D eigenvalue weighted by atomic mass is 32.1. The van der Waals surface area contributed by atoms with Crippen molar-refractivity contribution in [2.75, 3.05) is 19.0 Å². The highest BCUT2D eigenvalue weighted by Crippen LogP contribution is 2.17. The zero-order chi connectivity index (χ0) is 13.7. The fourth-order valence-electron chi connectivity index (χ4n) is 1.89. The third kappa shape index (κ3) is 3.75. The summed E-state index contributed by atoms with van der Waals surface area (Å²) in [6, 6.07) is 16.7. The second-order valence-corrected chi connectivity index (χ2v) is 4.79. The molecule has 0 bridgehead atoms. The van der Waals surface area contributed by atoms with Gasteiger partial charge in [-0.1, -0.05) is 24.3 Å². The molecule has 0 fully saturated rings. The lowest BCUT2D eigenvalue weighted by molar-refractivity contribution is 1.12. The van der Waals surface area contributed by atoms with Crippen LogP contribution >= 0.6 is 12.2 Å². The van der Waals surface area contributed by atoms with Crippen LogP contribution in [0.25, 0.3) is 0 Å². The molecule has 2 aromatic carbocycles. The molecule has 0 saturated carbocycles. The summed E-state index contributed by atoms with van der Waals surface area (Å²) in [4.78, 5) is 6.04. The minimum atomic E-state index is 0.849. The van der Waals surface area contributed by atoms with E-state index in [1.807, 2.05) is 26.2 Å². The summed E-state index contributed by atoms with van der Waals surface area (Å²) in [5.74, 6) is 0. The minimum absolute atomic E-state index is 0.849. The Morgan fingerprint density at radius 3 is 1.95 bits per heavy atom. The van der Waals surface area contributed by atoms with Gasteiger partial charge in [0.15, 0.2) is 0 Å². The molecule has 0 unspecified atom stereocenters. The van der Waals surface area contributed by atoms with Gasteiger partial charge < -0.3 is 4.90 Å². The van der Waals surface area contributed by atoms with Gasteiger partial charge in [-0.2, -0.15) is 4.99 Å². The van der Waals surface area contributed by atoms with Crippen LogP contribution in [-0.4, -0.2) is 19.3 Å². The Balaban J connectivity index is 2.10. The molecule has 2 nitrogen and oxygen atoms in total. The third-order valence-electron chi connectivity index (χ3n) is 2.97. The molecule has 0 heterocycles. The van der Waals surface area contributed by atoms with E-state index in [2.05, 4.69) is 63.7 Å². The van der Waals surface area contributed by atoms with E-state index in [4.69, 9.17) is 0 Å². The summed E-state index contributed by atoms with van der Waals surface area (Å²) in [5.41, 5.74) is 4.63. The van der Waals surface area contributed by atoms with Crippen LogP contribution in [0.1, 0.15) is 11.1 Å². The number of hydrogen-bond acceptors (Lipinski definition) is 3. The average molecular weight is 268 g/mol. The number of nitrogens with zero attached hydrogens (tertiary/aromatic N) is 2. The number of isothiocyanates is 1. The van der Waals surface area contributed by atoms with Crippen LogP contribution < -0.4 is 4.90 Å². The molecule has 2 aromatic rings. The predicted octanol–water partition coefficient (Wildman–Crippen LogP) is 4.08. The summed E-state index contributed by atoms with van der Waals surface area (Å²) in [6.07, 6.45) is 0.926. The van der Waals surface area contributed by atoms with Crippen LogP contribution in [0.3, 0.4) is 0 Å². The van der Waals surface area contributed by atoms with Crippen LogP contribution in [0, 0.1) is 0 Å². The van der Waals surface area contributed by atoms with E-state index >= 15 is 0 Å². The van der Waals surface area contributed by atoms with Gasteiger partial charge in [0.1, 0.15) is 0 Å². The van der Waals surface area contributed by atoms with Gasteiger partial charge in [0.2, 0.25) is 0 Å². The molecule has 0 aromatic heterocycles. The Hall–Kier alpha value is -1.96. The first kappa shape index (κ1) is 13.5. The predicted molar refractivity (Wildman–Crippen MR) is 84.7 cm³/mol. The molecule has 0 aliphatic carbocycles. The van der Waals surface area contributed by atoms with Gasteiger partial charge >= 0.3 is 0 Å². The van der Waals surface area contributed by atoms with Crippen molar-refractivity contribution in [3.05, 3.63) is 59.7 Å². The second-order valence-electron chi connectivity index (χ2n) is 4.61. The third-order valence-corrected chi connectivity index (χ3v) is 3.06. The first-order chi connectivity index (χ1) is 9.19. The van der Waals surface area contributed by atoms with Gasteiger partial charge in [-0.3, -0.25) is 0 Å². The second kappa shape index (κ2) is 6.28. The van der Waals surface area contributed by atoms with E-state index in [0.29, 0.717) is 0 Å². The Morgan fingerprint density at radius 1 is 0.947 bits per heavy atom. The number of anilines is 1. The first-order valence-corrected chi connectivity index (χ1v) is 6.53. The van der Waals surface area contributed by atoms with Gasteiger partial charge in [-0.05, 0) is 54.0 Å². The molecule has 0 amide bonds. The molecule has 0 saturated heterocycles. The van der Waals surface area contributed by atoms with E-state index < -0.39 is 0 Å². The topological polar surface area (TPSA) is 15.6 Å². The maximum absolute atomic E-state index is 4.58. The van der Waals surface area contributed by atoms with Gasteiger partial charge in [0.05, 0.1) is 10.8 Å². The maximum Gasteiger partial charge on any atom is 0.0739 e. The van der Waals surface area contributed by atoms with E-state index in [9.17, 15) is 0 Å². The molecular weight excluding hydrogens is 252 g/mol. The Kier molecular flexibility index (Phi) is 4.45. The summed E-state index contributed by atoms with van der Waals surface area (Å²) < 4.78 is 0. The van der Waals surface area contributed by atoms with Crippen LogP contribution in [0.2, 0.25) is 0 Å². The molecule has 19 heavy (non-hydrogen) atoms. The van der Waals surface area contributed by atoms with Crippen LogP contribution in [0.15, 0.2) is 53.5 Å². The maximum atomic E-state index is 4.58. The largest absolute Gasteiger partial charge is 0.378 e. The van der Waals surface area contributed by atoms with Gasteiger partial charge in [0, 0.05) is 19.8 Å². The van der Waals surface area contributed by atoms with Crippen LogP contribution in [0.5, 0.6) is 0 Å². The highest BCUT2D eigenvalue weighted by Gasteiger charge is 1.99. The lowest BCUT2D eigenvalue weighted by atomic mass is 10.0.